The van der Waals surface area contributed by atoms with Crippen molar-refractivity contribution in [3.8, 4) is 22.8 Å². The average Bonchev–Trinajstić information content (AvgIpc) is 3.01. The molecule has 3 rings (SSSR count). The first-order valence-corrected chi connectivity index (χ1v) is 9.58. The van der Waals surface area contributed by atoms with Crippen LogP contribution >= 0.6 is 27.3 Å². The Morgan fingerprint density at radius 3 is 2.40 bits per heavy atom. The lowest BCUT2D eigenvalue weighted by molar-refractivity contribution is -0.274. The van der Waals surface area contributed by atoms with E-state index in [-0.39, 0.29) is 18.1 Å². The highest BCUT2D eigenvalue weighted by atomic mass is 79.9. The maximum absolute atomic E-state index is 14.2. The van der Waals surface area contributed by atoms with Crippen LogP contribution in [-0.2, 0) is 6.61 Å². The molecule has 0 aliphatic heterocycles. The molecule has 0 saturated carbocycles. The van der Waals surface area contributed by atoms with Crippen molar-refractivity contribution >= 4 is 33.2 Å². The molecule has 0 fully saturated rings. The van der Waals surface area contributed by atoms with Gasteiger partial charge in [0.25, 0.3) is 5.91 Å². The van der Waals surface area contributed by atoms with E-state index in [9.17, 15) is 26.7 Å². The molecule has 12 heteroatoms. The molecule has 30 heavy (non-hydrogen) atoms. The Hall–Kier alpha value is -2.73. The third-order valence-corrected chi connectivity index (χ3v) is 5.32. The van der Waals surface area contributed by atoms with Gasteiger partial charge in [-0.3, -0.25) is 4.79 Å². The summed E-state index contributed by atoms with van der Waals surface area (Å²) in [6.07, 6.45) is -4.79. The van der Waals surface area contributed by atoms with E-state index in [1.165, 1.54) is 12.1 Å². The Bertz CT molecular complexity index is 1090. The number of nitrogens with zero attached hydrogens (tertiary/aromatic N) is 1. The summed E-state index contributed by atoms with van der Waals surface area (Å²) in [5.41, 5.74) is 4.98. The van der Waals surface area contributed by atoms with Crippen molar-refractivity contribution < 1.29 is 36.2 Å². The number of nitrogens with two attached hydrogens (primary N) is 1. The number of aromatic nitrogens is 1. The van der Waals surface area contributed by atoms with Gasteiger partial charge in [0.05, 0.1) is 9.48 Å². The van der Waals surface area contributed by atoms with E-state index in [4.69, 9.17) is 10.5 Å². The molecule has 5 nitrogen and oxygen atoms in total. The third-order valence-electron chi connectivity index (χ3n) is 3.64. The number of primary amides is 1. The maximum atomic E-state index is 14.2. The summed E-state index contributed by atoms with van der Waals surface area (Å²) in [6, 6.07) is 6.94. The van der Waals surface area contributed by atoms with Crippen molar-refractivity contribution in [1.29, 1.82) is 0 Å². The number of thiazole rings is 1. The van der Waals surface area contributed by atoms with Gasteiger partial charge in [-0.2, -0.15) is 0 Å². The van der Waals surface area contributed by atoms with Crippen molar-refractivity contribution in [2.24, 2.45) is 5.73 Å². The van der Waals surface area contributed by atoms with E-state index >= 15 is 0 Å². The molecule has 1 heterocycles. The molecule has 2 N–H and O–H groups in total. The number of ether oxygens (including phenoxy) is 2. The second-order valence-electron chi connectivity index (χ2n) is 5.69. The average molecular weight is 509 g/mol. The Kier molecular flexibility index (Phi) is 6.27. The lowest BCUT2D eigenvalue weighted by atomic mass is 10.1. The zero-order valence-corrected chi connectivity index (χ0v) is 17.0. The minimum absolute atomic E-state index is 0.209. The van der Waals surface area contributed by atoms with Crippen LogP contribution in [0.5, 0.6) is 11.5 Å². The van der Waals surface area contributed by atoms with Crippen LogP contribution in [0.1, 0.15) is 15.4 Å². The third kappa shape index (κ3) is 5.05. The van der Waals surface area contributed by atoms with Crippen molar-refractivity contribution in [3.05, 3.63) is 62.4 Å². The highest BCUT2D eigenvalue weighted by molar-refractivity contribution is 9.11. The summed E-state index contributed by atoms with van der Waals surface area (Å²) in [7, 11) is 0. The number of carbonyl (C=O) groups excluding carboxylic acids is 1. The second-order valence-corrected chi connectivity index (χ2v) is 8.09. The zero-order chi connectivity index (χ0) is 22.1. The number of benzene rings is 2. The summed E-state index contributed by atoms with van der Waals surface area (Å²) in [4.78, 5) is 15.5. The Morgan fingerprint density at radius 2 is 1.80 bits per heavy atom. The summed E-state index contributed by atoms with van der Waals surface area (Å²) in [5, 5.41) is 0.386. The Labute approximate surface area is 178 Å². The first-order chi connectivity index (χ1) is 14.0. The SMILES string of the molecule is NC(=O)c1c(F)ccc(OCc2nc(-c3ccc(OC(F)(F)F)cc3)c(Br)s2)c1F. The van der Waals surface area contributed by atoms with E-state index < -0.39 is 29.5 Å². The molecule has 1 amide bonds. The van der Waals surface area contributed by atoms with Gasteiger partial charge >= 0.3 is 6.36 Å². The quantitative estimate of drug-likeness (QED) is 0.450. The van der Waals surface area contributed by atoms with Crippen molar-refractivity contribution in [1.82, 2.24) is 4.98 Å². The van der Waals surface area contributed by atoms with Gasteiger partial charge < -0.3 is 15.2 Å². The van der Waals surface area contributed by atoms with Crippen LogP contribution in [0.2, 0.25) is 0 Å². The lowest BCUT2D eigenvalue weighted by Crippen LogP contribution is -2.16. The maximum Gasteiger partial charge on any atom is 0.573 e. The number of rotatable bonds is 6. The molecular formula is C18H10BrF5N2O3S. The fourth-order valence-corrected chi connectivity index (χ4v) is 4.01. The monoisotopic (exact) mass is 508 g/mol. The van der Waals surface area contributed by atoms with Crippen LogP contribution in [0, 0.1) is 11.6 Å². The van der Waals surface area contributed by atoms with Crippen molar-refractivity contribution in [3.63, 3.8) is 0 Å². The van der Waals surface area contributed by atoms with E-state index in [1.807, 2.05) is 0 Å². The van der Waals surface area contributed by atoms with Gasteiger partial charge in [0.2, 0.25) is 0 Å². The van der Waals surface area contributed by atoms with Gasteiger partial charge in [-0.05, 0) is 52.3 Å². The number of hydrogen-bond acceptors (Lipinski definition) is 5. The molecular weight excluding hydrogens is 499 g/mol. The molecule has 0 spiro atoms. The molecule has 0 radical (unpaired) electrons. The fourth-order valence-electron chi connectivity index (χ4n) is 2.41. The number of alkyl halides is 3. The Morgan fingerprint density at radius 1 is 1.13 bits per heavy atom. The summed E-state index contributed by atoms with van der Waals surface area (Å²) in [5.74, 6) is -4.36. The van der Waals surface area contributed by atoms with E-state index in [0.717, 1.165) is 35.6 Å². The normalized spacial score (nSPS) is 11.4. The van der Waals surface area contributed by atoms with Gasteiger partial charge in [0.1, 0.15) is 28.7 Å². The summed E-state index contributed by atoms with van der Waals surface area (Å²) >= 11 is 4.45. The smallest absolute Gasteiger partial charge is 0.483 e. The number of halogens is 6. The predicted octanol–water partition coefficient (Wildman–Crippen LogP) is 5.43. The largest absolute Gasteiger partial charge is 0.573 e. The predicted molar refractivity (Wildman–Crippen MR) is 101 cm³/mol. The lowest BCUT2D eigenvalue weighted by Gasteiger charge is -2.09. The van der Waals surface area contributed by atoms with Crippen LogP contribution in [-0.4, -0.2) is 17.3 Å². The molecule has 0 aliphatic carbocycles. The van der Waals surface area contributed by atoms with E-state index in [2.05, 4.69) is 25.7 Å². The van der Waals surface area contributed by atoms with Gasteiger partial charge in [0, 0.05) is 5.56 Å². The number of carbonyl (C=O) groups is 1. The minimum atomic E-state index is -4.79. The summed E-state index contributed by atoms with van der Waals surface area (Å²) < 4.78 is 74.1. The molecule has 0 unspecified atom stereocenters. The van der Waals surface area contributed by atoms with Gasteiger partial charge in [-0.1, -0.05) is 0 Å². The summed E-state index contributed by atoms with van der Waals surface area (Å²) in [6.45, 7) is -0.209. The molecule has 2 aromatic carbocycles. The zero-order valence-electron chi connectivity index (χ0n) is 14.6. The molecule has 0 aliphatic rings. The van der Waals surface area contributed by atoms with E-state index in [0.29, 0.717) is 20.1 Å². The molecule has 3 aromatic rings. The van der Waals surface area contributed by atoms with Crippen LogP contribution in [0.15, 0.2) is 40.2 Å². The number of hydrogen-bond donors (Lipinski definition) is 1. The highest BCUT2D eigenvalue weighted by Crippen LogP contribution is 2.35. The fraction of sp³-hybridized carbons (Fsp3) is 0.111. The van der Waals surface area contributed by atoms with Crippen molar-refractivity contribution in [2.45, 2.75) is 13.0 Å². The van der Waals surface area contributed by atoms with E-state index in [1.54, 1.807) is 0 Å². The number of amides is 1. The minimum Gasteiger partial charge on any atom is -0.483 e. The topological polar surface area (TPSA) is 74.4 Å². The second kappa shape index (κ2) is 8.56. The van der Waals surface area contributed by atoms with Gasteiger partial charge in [-0.15, -0.1) is 24.5 Å². The van der Waals surface area contributed by atoms with Crippen LogP contribution < -0.4 is 15.2 Å². The van der Waals surface area contributed by atoms with Crippen LogP contribution in [0.25, 0.3) is 11.3 Å². The standard InChI is InChI=1S/C18H10BrF5N2O3S/c19-16-15(8-1-3-9(4-2-8)29-18(22,23)24)26-12(30-16)7-28-11-6-5-10(20)13(14(11)21)17(25)27/h1-6H,7H2,(H2,25,27). The molecule has 158 valence electrons. The molecule has 1 aromatic heterocycles. The first-order valence-electron chi connectivity index (χ1n) is 7.97. The Balaban J connectivity index is 1.76. The molecule has 0 saturated heterocycles. The van der Waals surface area contributed by atoms with Crippen LogP contribution in [0.4, 0.5) is 22.0 Å². The van der Waals surface area contributed by atoms with Crippen LogP contribution in [0.3, 0.4) is 0 Å². The molecule has 0 atom stereocenters. The van der Waals surface area contributed by atoms with Gasteiger partial charge in [0.15, 0.2) is 11.6 Å². The van der Waals surface area contributed by atoms with Crippen molar-refractivity contribution in [2.75, 3.05) is 0 Å². The first kappa shape index (κ1) is 22.0. The highest BCUT2D eigenvalue weighted by Gasteiger charge is 2.31. The van der Waals surface area contributed by atoms with Gasteiger partial charge in [-0.25, -0.2) is 13.8 Å². The molecule has 0 bridgehead atoms.